The van der Waals surface area contributed by atoms with E-state index in [1.807, 2.05) is 0 Å². The maximum absolute atomic E-state index is 11.9. The first kappa shape index (κ1) is 8.08. The third-order valence-electron chi connectivity index (χ3n) is 0.824. The molecule has 0 N–H and O–H groups in total. The summed E-state index contributed by atoms with van der Waals surface area (Å²) in [6.45, 7) is 0. The van der Waals surface area contributed by atoms with Gasteiger partial charge in [-0.15, -0.1) is 0 Å². The SMILES string of the molecule is C.Fc1ccccc1F. The molecule has 0 atom stereocenters. The zero-order chi connectivity index (χ0) is 5.98. The summed E-state index contributed by atoms with van der Waals surface area (Å²) < 4.78 is 23.9. The van der Waals surface area contributed by atoms with E-state index in [0.29, 0.717) is 0 Å². The fourth-order valence-electron chi connectivity index (χ4n) is 0.439. The van der Waals surface area contributed by atoms with Gasteiger partial charge >= 0.3 is 0 Å². The van der Waals surface area contributed by atoms with Crippen molar-refractivity contribution >= 4 is 0 Å². The monoisotopic (exact) mass is 130 g/mol. The van der Waals surface area contributed by atoms with E-state index in [1.54, 1.807) is 0 Å². The molecular formula is C7H8F2. The van der Waals surface area contributed by atoms with E-state index in [1.165, 1.54) is 12.1 Å². The Balaban J connectivity index is 0.000000640. The van der Waals surface area contributed by atoms with Crippen LogP contribution in [0.3, 0.4) is 0 Å². The standard InChI is InChI=1S/C6H4F2.CH4/c7-5-3-1-2-4-6(5)8;/h1-4H;1H4. The Morgan fingerprint density at radius 3 is 1.44 bits per heavy atom. The molecule has 0 saturated heterocycles. The lowest BCUT2D eigenvalue weighted by Gasteiger charge is -1.85. The lowest BCUT2D eigenvalue weighted by Crippen LogP contribution is -1.77. The van der Waals surface area contributed by atoms with E-state index >= 15 is 0 Å². The summed E-state index contributed by atoms with van der Waals surface area (Å²) in [7, 11) is 0. The predicted molar refractivity (Wildman–Crippen MR) is 33.1 cm³/mol. The molecule has 0 aliphatic rings. The number of rotatable bonds is 0. The smallest absolute Gasteiger partial charge is 0.158 e. The Kier molecular flexibility index (Phi) is 2.85. The number of benzene rings is 1. The van der Waals surface area contributed by atoms with Crippen LogP contribution < -0.4 is 0 Å². The summed E-state index contributed by atoms with van der Waals surface area (Å²) in [4.78, 5) is 0. The van der Waals surface area contributed by atoms with Crippen LogP contribution in [0, 0.1) is 11.6 Å². The molecule has 0 saturated carbocycles. The van der Waals surface area contributed by atoms with Crippen molar-refractivity contribution in [3.8, 4) is 0 Å². The van der Waals surface area contributed by atoms with E-state index in [2.05, 4.69) is 0 Å². The zero-order valence-corrected chi connectivity index (χ0v) is 4.07. The molecule has 0 radical (unpaired) electrons. The molecule has 1 aromatic rings. The highest BCUT2D eigenvalue weighted by molar-refractivity contribution is 5.05. The van der Waals surface area contributed by atoms with Crippen LogP contribution in [0.5, 0.6) is 0 Å². The first-order valence-corrected chi connectivity index (χ1v) is 2.21. The molecule has 0 aliphatic carbocycles. The quantitative estimate of drug-likeness (QED) is 0.506. The van der Waals surface area contributed by atoms with Crippen LogP contribution in [0.15, 0.2) is 24.3 Å². The Labute approximate surface area is 53.1 Å². The van der Waals surface area contributed by atoms with Crippen LogP contribution in [0.1, 0.15) is 7.43 Å². The first-order valence-electron chi connectivity index (χ1n) is 2.21. The lowest BCUT2D eigenvalue weighted by atomic mass is 10.3. The van der Waals surface area contributed by atoms with Gasteiger partial charge in [-0.05, 0) is 12.1 Å². The second-order valence-corrected chi connectivity index (χ2v) is 1.41. The third kappa shape index (κ3) is 1.80. The summed E-state index contributed by atoms with van der Waals surface area (Å²) in [5.41, 5.74) is 0. The van der Waals surface area contributed by atoms with Gasteiger partial charge in [-0.2, -0.15) is 0 Å². The number of hydrogen-bond acceptors (Lipinski definition) is 0. The van der Waals surface area contributed by atoms with Crippen molar-refractivity contribution in [2.75, 3.05) is 0 Å². The summed E-state index contributed by atoms with van der Waals surface area (Å²) in [5.74, 6) is -1.60. The van der Waals surface area contributed by atoms with E-state index in [0.717, 1.165) is 12.1 Å². The largest absolute Gasteiger partial charge is 0.204 e. The van der Waals surface area contributed by atoms with Gasteiger partial charge in [0.15, 0.2) is 11.6 Å². The highest BCUT2D eigenvalue weighted by Gasteiger charge is 1.93. The van der Waals surface area contributed by atoms with Gasteiger partial charge in [0.2, 0.25) is 0 Å². The average Bonchev–Trinajstić information content (AvgIpc) is 1.77. The summed E-state index contributed by atoms with van der Waals surface area (Å²) >= 11 is 0. The minimum Gasteiger partial charge on any atom is -0.204 e. The molecule has 2 heteroatoms. The van der Waals surface area contributed by atoms with Crippen molar-refractivity contribution in [3.05, 3.63) is 35.9 Å². The van der Waals surface area contributed by atoms with Crippen LogP contribution in [-0.4, -0.2) is 0 Å². The molecule has 0 amide bonds. The maximum atomic E-state index is 11.9. The van der Waals surface area contributed by atoms with Gasteiger partial charge in [-0.25, -0.2) is 8.78 Å². The highest BCUT2D eigenvalue weighted by atomic mass is 19.2. The number of hydrogen-bond donors (Lipinski definition) is 0. The van der Waals surface area contributed by atoms with Crippen molar-refractivity contribution in [3.63, 3.8) is 0 Å². The summed E-state index contributed by atoms with van der Waals surface area (Å²) in [6, 6.07) is 5.04. The lowest BCUT2D eigenvalue weighted by molar-refractivity contribution is 0.508. The van der Waals surface area contributed by atoms with Crippen LogP contribution >= 0.6 is 0 Å². The molecule has 0 heterocycles. The fourth-order valence-corrected chi connectivity index (χ4v) is 0.439. The minimum atomic E-state index is -0.799. The third-order valence-corrected chi connectivity index (χ3v) is 0.824. The Morgan fingerprint density at radius 2 is 1.22 bits per heavy atom. The Hall–Kier alpha value is -0.920. The molecule has 0 aliphatic heterocycles. The molecule has 1 aromatic carbocycles. The van der Waals surface area contributed by atoms with Gasteiger partial charge in [-0.1, -0.05) is 19.6 Å². The van der Waals surface area contributed by atoms with Gasteiger partial charge in [-0.3, -0.25) is 0 Å². The molecule has 0 unspecified atom stereocenters. The molecule has 50 valence electrons. The molecule has 0 bridgehead atoms. The van der Waals surface area contributed by atoms with Crippen molar-refractivity contribution in [2.45, 2.75) is 7.43 Å². The van der Waals surface area contributed by atoms with E-state index in [4.69, 9.17) is 0 Å². The van der Waals surface area contributed by atoms with Crippen LogP contribution in [-0.2, 0) is 0 Å². The van der Waals surface area contributed by atoms with E-state index in [9.17, 15) is 8.78 Å². The molecule has 0 aromatic heterocycles. The predicted octanol–water partition coefficient (Wildman–Crippen LogP) is 2.60. The van der Waals surface area contributed by atoms with Crippen LogP contribution in [0.4, 0.5) is 8.78 Å². The maximum Gasteiger partial charge on any atom is 0.158 e. The van der Waals surface area contributed by atoms with Gasteiger partial charge in [0.25, 0.3) is 0 Å². The zero-order valence-electron chi connectivity index (χ0n) is 4.07. The Bertz CT molecular complexity index is 163. The van der Waals surface area contributed by atoms with Crippen molar-refractivity contribution in [1.29, 1.82) is 0 Å². The second-order valence-electron chi connectivity index (χ2n) is 1.41. The second kappa shape index (κ2) is 3.17. The molecular weight excluding hydrogens is 122 g/mol. The molecule has 0 nitrogen and oxygen atoms in total. The van der Waals surface area contributed by atoms with E-state index < -0.39 is 11.6 Å². The van der Waals surface area contributed by atoms with Gasteiger partial charge in [0, 0.05) is 0 Å². The first-order chi connectivity index (χ1) is 3.80. The fraction of sp³-hybridized carbons (Fsp3) is 0.143. The van der Waals surface area contributed by atoms with Crippen LogP contribution in [0.2, 0.25) is 0 Å². The highest BCUT2D eigenvalue weighted by Crippen LogP contribution is 2.01. The molecule has 0 fully saturated rings. The van der Waals surface area contributed by atoms with E-state index in [-0.39, 0.29) is 7.43 Å². The van der Waals surface area contributed by atoms with Crippen molar-refractivity contribution in [1.82, 2.24) is 0 Å². The normalized spacial score (nSPS) is 8.22. The van der Waals surface area contributed by atoms with Crippen LogP contribution in [0.25, 0.3) is 0 Å². The van der Waals surface area contributed by atoms with Crippen molar-refractivity contribution < 1.29 is 8.78 Å². The average molecular weight is 130 g/mol. The van der Waals surface area contributed by atoms with Crippen molar-refractivity contribution in [2.24, 2.45) is 0 Å². The minimum absolute atomic E-state index is 0. The molecule has 9 heavy (non-hydrogen) atoms. The van der Waals surface area contributed by atoms with Gasteiger partial charge < -0.3 is 0 Å². The topological polar surface area (TPSA) is 0 Å². The summed E-state index contributed by atoms with van der Waals surface area (Å²) in [5, 5.41) is 0. The Morgan fingerprint density at radius 1 is 0.889 bits per heavy atom. The molecule has 1 rings (SSSR count). The number of halogens is 2. The summed E-state index contributed by atoms with van der Waals surface area (Å²) in [6.07, 6.45) is 0. The van der Waals surface area contributed by atoms with Gasteiger partial charge in [0.1, 0.15) is 0 Å². The van der Waals surface area contributed by atoms with Gasteiger partial charge in [0.05, 0.1) is 0 Å². The molecule has 0 spiro atoms.